The lowest BCUT2D eigenvalue weighted by Crippen LogP contribution is -2.43. The van der Waals surface area contributed by atoms with Gasteiger partial charge in [0.25, 0.3) is 5.91 Å². The summed E-state index contributed by atoms with van der Waals surface area (Å²) in [6.07, 6.45) is 0.839. The van der Waals surface area contributed by atoms with Crippen molar-refractivity contribution in [3.8, 4) is 5.75 Å². The standard InChI is InChI=1S/C21H23NO5S/c1-2-20(23)16-8-10-19(11-9-16)27-14-21(24)22(17-6-4-3-5-7-17)18-12-13-28(25,26)15-18/h3-11,18H,2,12-15H2,1H3/t18-/m0/s1. The molecule has 1 heterocycles. The molecule has 28 heavy (non-hydrogen) atoms. The minimum absolute atomic E-state index is 0.0402. The van der Waals surface area contributed by atoms with Gasteiger partial charge in [-0.2, -0.15) is 0 Å². The first-order chi connectivity index (χ1) is 13.4. The monoisotopic (exact) mass is 401 g/mol. The highest BCUT2D eigenvalue weighted by atomic mass is 32.2. The van der Waals surface area contributed by atoms with Gasteiger partial charge in [0.1, 0.15) is 5.75 Å². The van der Waals surface area contributed by atoms with E-state index in [2.05, 4.69) is 0 Å². The summed E-state index contributed by atoms with van der Waals surface area (Å²) < 4.78 is 29.4. The number of Topliss-reactive ketones (excluding diaryl/α,β-unsaturated/α-hetero) is 1. The van der Waals surface area contributed by atoms with Crippen LogP contribution in [0.4, 0.5) is 5.69 Å². The Morgan fingerprint density at radius 2 is 1.75 bits per heavy atom. The Balaban J connectivity index is 1.72. The highest BCUT2D eigenvalue weighted by Gasteiger charge is 2.35. The minimum atomic E-state index is -3.13. The topological polar surface area (TPSA) is 80.8 Å². The van der Waals surface area contributed by atoms with Crippen LogP contribution in [0.15, 0.2) is 54.6 Å². The summed E-state index contributed by atoms with van der Waals surface area (Å²) in [6, 6.07) is 15.3. The van der Waals surface area contributed by atoms with Gasteiger partial charge in [-0.25, -0.2) is 8.42 Å². The Kier molecular flexibility index (Phi) is 6.14. The van der Waals surface area contributed by atoms with E-state index in [1.54, 1.807) is 43.3 Å². The molecule has 6 nitrogen and oxygen atoms in total. The first kappa shape index (κ1) is 20.1. The second-order valence-electron chi connectivity index (χ2n) is 6.75. The summed E-state index contributed by atoms with van der Waals surface area (Å²) in [5.74, 6) is 0.263. The maximum atomic E-state index is 12.9. The van der Waals surface area contributed by atoms with Gasteiger partial charge in [-0.15, -0.1) is 0 Å². The smallest absolute Gasteiger partial charge is 0.265 e. The van der Waals surface area contributed by atoms with E-state index in [9.17, 15) is 18.0 Å². The van der Waals surface area contributed by atoms with E-state index in [-0.39, 0.29) is 29.8 Å². The summed E-state index contributed by atoms with van der Waals surface area (Å²) in [5, 5.41) is 0. The van der Waals surface area contributed by atoms with Gasteiger partial charge in [-0.1, -0.05) is 25.1 Å². The fraction of sp³-hybridized carbons (Fsp3) is 0.333. The van der Waals surface area contributed by atoms with Crippen LogP contribution in [0, 0.1) is 0 Å². The predicted octanol–water partition coefficient (Wildman–Crippen LogP) is 2.88. The van der Waals surface area contributed by atoms with E-state index in [1.807, 2.05) is 18.2 Å². The first-order valence-electron chi connectivity index (χ1n) is 9.23. The highest BCUT2D eigenvalue weighted by molar-refractivity contribution is 7.91. The van der Waals surface area contributed by atoms with Crippen molar-refractivity contribution >= 4 is 27.2 Å². The van der Waals surface area contributed by atoms with Crippen molar-refractivity contribution in [1.82, 2.24) is 0 Å². The summed E-state index contributed by atoms with van der Waals surface area (Å²) in [6.45, 7) is 1.58. The second-order valence-corrected chi connectivity index (χ2v) is 8.97. The molecule has 3 rings (SSSR count). The molecule has 1 fully saturated rings. The number of hydrogen-bond acceptors (Lipinski definition) is 5. The number of carbonyl (C=O) groups excluding carboxylic acids is 2. The Labute approximate surface area is 165 Å². The molecule has 2 aromatic rings. The third kappa shape index (κ3) is 4.78. The number of amides is 1. The zero-order valence-electron chi connectivity index (χ0n) is 15.7. The van der Waals surface area contributed by atoms with Crippen molar-refractivity contribution in [2.24, 2.45) is 0 Å². The molecule has 148 valence electrons. The van der Waals surface area contributed by atoms with Gasteiger partial charge >= 0.3 is 0 Å². The van der Waals surface area contributed by atoms with E-state index < -0.39 is 15.9 Å². The lowest BCUT2D eigenvalue weighted by molar-refractivity contribution is -0.121. The molecular formula is C21H23NO5S. The van der Waals surface area contributed by atoms with Crippen molar-refractivity contribution in [2.75, 3.05) is 23.0 Å². The fourth-order valence-corrected chi connectivity index (χ4v) is 4.98. The molecule has 1 amide bonds. The van der Waals surface area contributed by atoms with Gasteiger partial charge < -0.3 is 9.64 Å². The molecule has 1 saturated heterocycles. The van der Waals surface area contributed by atoms with E-state index in [1.165, 1.54) is 4.90 Å². The van der Waals surface area contributed by atoms with Gasteiger partial charge in [0.15, 0.2) is 22.2 Å². The SMILES string of the molecule is CCC(=O)c1ccc(OCC(=O)N(c2ccccc2)[C@H]2CCS(=O)(=O)C2)cc1. The Morgan fingerprint density at radius 1 is 1.07 bits per heavy atom. The lowest BCUT2D eigenvalue weighted by atomic mass is 10.1. The minimum Gasteiger partial charge on any atom is -0.484 e. The number of sulfone groups is 1. The van der Waals surface area contributed by atoms with Gasteiger partial charge in [-0.3, -0.25) is 9.59 Å². The zero-order chi connectivity index (χ0) is 20.1. The summed E-state index contributed by atoms with van der Waals surface area (Å²) >= 11 is 0. The fourth-order valence-electron chi connectivity index (χ4n) is 3.28. The van der Waals surface area contributed by atoms with Gasteiger partial charge in [-0.05, 0) is 42.8 Å². The second kappa shape index (κ2) is 8.56. The molecule has 0 aliphatic carbocycles. The van der Waals surface area contributed by atoms with Crippen LogP contribution in [-0.4, -0.2) is 44.3 Å². The van der Waals surface area contributed by atoms with Crippen molar-refractivity contribution < 1.29 is 22.7 Å². The van der Waals surface area contributed by atoms with Gasteiger partial charge in [0.2, 0.25) is 0 Å². The van der Waals surface area contributed by atoms with E-state index >= 15 is 0 Å². The molecule has 0 spiro atoms. The Bertz CT molecular complexity index is 939. The van der Waals surface area contributed by atoms with Crippen LogP contribution in [-0.2, 0) is 14.6 Å². The van der Waals surface area contributed by atoms with Crippen LogP contribution in [0.25, 0.3) is 0 Å². The van der Waals surface area contributed by atoms with Crippen LogP contribution in [0.2, 0.25) is 0 Å². The average Bonchev–Trinajstić information content (AvgIpc) is 3.06. The molecule has 1 aliphatic heterocycles. The summed E-state index contributed by atoms with van der Waals surface area (Å²) in [7, 11) is -3.13. The molecule has 0 unspecified atom stereocenters. The molecule has 0 radical (unpaired) electrons. The number of carbonyl (C=O) groups is 2. The van der Waals surface area contributed by atoms with E-state index in [0.29, 0.717) is 29.8 Å². The molecule has 0 saturated carbocycles. The summed E-state index contributed by atoms with van der Waals surface area (Å²) in [5.41, 5.74) is 1.25. The van der Waals surface area contributed by atoms with Crippen LogP contribution < -0.4 is 9.64 Å². The van der Waals surface area contributed by atoms with Crippen LogP contribution in [0.5, 0.6) is 5.75 Å². The maximum absolute atomic E-state index is 12.9. The van der Waals surface area contributed by atoms with Crippen LogP contribution >= 0.6 is 0 Å². The van der Waals surface area contributed by atoms with Crippen molar-refractivity contribution in [1.29, 1.82) is 0 Å². The highest BCUT2D eigenvalue weighted by Crippen LogP contribution is 2.25. The van der Waals surface area contributed by atoms with Crippen molar-refractivity contribution in [3.05, 3.63) is 60.2 Å². The van der Waals surface area contributed by atoms with Crippen LogP contribution in [0.1, 0.15) is 30.1 Å². The number of hydrogen-bond donors (Lipinski definition) is 0. The third-order valence-corrected chi connectivity index (χ3v) is 6.49. The molecule has 1 atom stereocenters. The number of anilines is 1. The lowest BCUT2D eigenvalue weighted by Gasteiger charge is -2.28. The number of rotatable bonds is 7. The molecule has 7 heteroatoms. The summed E-state index contributed by atoms with van der Waals surface area (Å²) in [4.78, 5) is 26.1. The quantitative estimate of drug-likeness (QED) is 0.667. The molecule has 2 aromatic carbocycles. The first-order valence-corrected chi connectivity index (χ1v) is 11.1. The van der Waals surface area contributed by atoms with Crippen molar-refractivity contribution in [2.45, 2.75) is 25.8 Å². The number of benzene rings is 2. The third-order valence-electron chi connectivity index (χ3n) is 4.74. The number of ether oxygens (including phenoxy) is 1. The molecule has 0 aromatic heterocycles. The zero-order valence-corrected chi connectivity index (χ0v) is 16.5. The van der Waals surface area contributed by atoms with E-state index in [0.717, 1.165) is 0 Å². The average molecular weight is 401 g/mol. The number of nitrogens with zero attached hydrogens (tertiary/aromatic N) is 1. The normalized spacial score (nSPS) is 17.8. The predicted molar refractivity (Wildman–Crippen MR) is 108 cm³/mol. The maximum Gasteiger partial charge on any atom is 0.265 e. The number of para-hydroxylation sites is 1. The van der Waals surface area contributed by atoms with Gasteiger partial charge in [0.05, 0.1) is 17.5 Å². The Morgan fingerprint density at radius 3 is 2.32 bits per heavy atom. The molecule has 0 bridgehead atoms. The molecule has 1 aliphatic rings. The van der Waals surface area contributed by atoms with Crippen LogP contribution in [0.3, 0.4) is 0 Å². The van der Waals surface area contributed by atoms with Crippen molar-refractivity contribution in [3.63, 3.8) is 0 Å². The largest absolute Gasteiger partial charge is 0.484 e. The Hall–Kier alpha value is -2.67. The molecule has 0 N–H and O–H groups in total. The molecular weight excluding hydrogens is 378 g/mol. The number of ketones is 1. The van der Waals surface area contributed by atoms with E-state index in [4.69, 9.17) is 4.74 Å². The van der Waals surface area contributed by atoms with Gasteiger partial charge in [0, 0.05) is 17.7 Å².